The van der Waals surface area contributed by atoms with Gasteiger partial charge in [0.05, 0.1) is 30.8 Å². The minimum Gasteiger partial charge on any atom is -0.497 e. The fraction of sp³-hybridized carbons (Fsp3) is 0.167. The molecule has 122 valence electrons. The molecule has 0 bridgehead atoms. The second-order valence-corrected chi connectivity index (χ2v) is 5.29. The second kappa shape index (κ2) is 6.16. The first-order valence-corrected chi connectivity index (χ1v) is 7.31. The molecule has 0 aliphatic heterocycles. The van der Waals surface area contributed by atoms with E-state index in [0.717, 1.165) is 16.9 Å². The van der Waals surface area contributed by atoms with Crippen LogP contribution in [0.15, 0.2) is 41.2 Å². The topological polar surface area (TPSA) is 81.3 Å². The van der Waals surface area contributed by atoms with E-state index < -0.39 is 5.97 Å². The Bertz CT molecular complexity index is 975. The zero-order chi connectivity index (χ0) is 17.3. The monoisotopic (exact) mass is 324 g/mol. The average Bonchev–Trinajstić information content (AvgIpc) is 2.61. The van der Waals surface area contributed by atoms with E-state index in [1.165, 1.54) is 7.11 Å². The zero-order valence-electron chi connectivity index (χ0n) is 13.5. The molecule has 0 aliphatic carbocycles. The Morgan fingerprint density at radius 1 is 1.12 bits per heavy atom. The molecule has 3 rings (SSSR count). The van der Waals surface area contributed by atoms with Crippen LogP contribution >= 0.6 is 0 Å². The van der Waals surface area contributed by atoms with Crippen LogP contribution in [-0.2, 0) is 4.74 Å². The number of methoxy groups -OCH3 is 2. The van der Waals surface area contributed by atoms with Crippen molar-refractivity contribution in [2.24, 2.45) is 0 Å². The number of aryl methyl sites for hydroxylation is 1. The molecule has 24 heavy (non-hydrogen) atoms. The minimum atomic E-state index is -0.479. The highest BCUT2D eigenvalue weighted by atomic mass is 16.5. The number of nitrogens with zero attached hydrogens (tertiary/aromatic N) is 1. The maximum absolute atomic E-state index is 11.9. The molecule has 0 fully saturated rings. The highest BCUT2D eigenvalue weighted by Gasteiger charge is 2.14. The summed E-state index contributed by atoms with van der Waals surface area (Å²) in [6, 6.07) is 10.7. The molecule has 0 unspecified atom stereocenters. The SMILES string of the molecule is COC(=O)c1cc(-c2ccc(OC)cc2)c2nc(C)c(=O)[nH]c2c1. The third kappa shape index (κ3) is 2.74. The quantitative estimate of drug-likeness (QED) is 0.749. The van der Waals surface area contributed by atoms with Gasteiger partial charge in [0.1, 0.15) is 11.4 Å². The lowest BCUT2D eigenvalue weighted by Gasteiger charge is -2.10. The number of nitrogens with one attached hydrogen (secondary N) is 1. The first kappa shape index (κ1) is 15.7. The molecule has 1 aromatic heterocycles. The van der Waals surface area contributed by atoms with Gasteiger partial charge in [0.2, 0.25) is 0 Å². The van der Waals surface area contributed by atoms with Crippen molar-refractivity contribution in [1.29, 1.82) is 0 Å². The van der Waals surface area contributed by atoms with E-state index in [4.69, 9.17) is 9.47 Å². The van der Waals surface area contributed by atoms with Crippen molar-refractivity contribution < 1.29 is 14.3 Å². The summed E-state index contributed by atoms with van der Waals surface area (Å²) in [5.41, 5.74) is 3.11. The third-order valence-corrected chi connectivity index (χ3v) is 3.79. The zero-order valence-corrected chi connectivity index (χ0v) is 13.5. The Morgan fingerprint density at radius 3 is 2.46 bits per heavy atom. The van der Waals surface area contributed by atoms with Crippen LogP contribution in [0.1, 0.15) is 16.1 Å². The number of H-pyrrole nitrogens is 1. The number of carbonyl (C=O) groups excluding carboxylic acids is 1. The third-order valence-electron chi connectivity index (χ3n) is 3.79. The Kier molecular flexibility index (Phi) is 4.04. The molecule has 0 saturated heterocycles. The molecule has 0 saturated carbocycles. The van der Waals surface area contributed by atoms with Crippen molar-refractivity contribution >= 4 is 17.0 Å². The molecule has 6 heteroatoms. The standard InChI is InChI=1S/C18H16N2O4/c1-10-17(21)20-15-9-12(18(22)24-3)8-14(16(15)19-10)11-4-6-13(23-2)7-5-11/h4-9H,1-3H3,(H,20,21). The van der Waals surface area contributed by atoms with E-state index in [1.807, 2.05) is 24.3 Å². The first-order valence-electron chi connectivity index (χ1n) is 7.31. The van der Waals surface area contributed by atoms with Gasteiger partial charge in [-0.05, 0) is 36.8 Å². The molecule has 0 spiro atoms. The minimum absolute atomic E-state index is 0.287. The van der Waals surface area contributed by atoms with Gasteiger partial charge in [-0.3, -0.25) is 4.79 Å². The van der Waals surface area contributed by atoms with Crippen molar-refractivity contribution in [3.63, 3.8) is 0 Å². The predicted octanol–water partition coefficient (Wildman–Crippen LogP) is 2.69. The van der Waals surface area contributed by atoms with Crippen LogP contribution in [0.4, 0.5) is 0 Å². The molecule has 2 aromatic carbocycles. The van der Waals surface area contributed by atoms with Gasteiger partial charge in [0.25, 0.3) is 5.56 Å². The molecule has 1 N–H and O–H groups in total. The predicted molar refractivity (Wildman–Crippen MR) is 90.4 cm³/mol. The molecule has 0 aliphatic rings. The Balaban J connectivity index is 2.31. The Labute approximate surface area is 138 Å². The number of esters is 1. The van der Waals surface area contributed by atoms with Crippen LogP contribution in [0.25, 0.3) is 22.2 Å². The van der Waals surface area contributed by atoms with Crippen molar-refractivity contribution in [3.05, 3.63) is 58.0 Å². The van der Waals surface area contributed by atoms with Gasteiger partial charge < -0.3 is 14.5 Å². The number of fused-ring (bicyclic) bond motifs is 1. The summed E-state index contributed by atoms with van der Waals surface area (Å²) in [7, 11) is 2.91. The molecular formula is C18H16N2O4. The summed E-state index contributed by atoms with van der Waals surface area (Å²) in [6.45, 7) is 1.64. The van der Waals surface area contributed by atoms with E-state index in [0.29, 0.717) is 22.3 Å². The average molecular weight is 324 g/mol. The molecule has 1 heterocycles. The van der Waals surface area contributed by atoms with E-state index in [1.54, 1.807) is 26.2 Å². The van der Waals surface area contributed by atoms with Crippen LogP contribution in [0.2, 0.25) is 0 Å². The number of carbonyl (C=O) groups is 1. The van der Waals surface area contributed by atoms with Crippen LogP contribution < -0.4 is 10.3 Å². The van der Waals surface area contributed by atoms with Crippen molar-refractivity contribution in [2.45, 2.75) is 6.92 Å². The number of benzene rings is 2. The summed E-state index contributed by atoms with van der Waals surface area (Å²) in [4.78, 5) is 31.0. The summed E-state index contributed by atoms with van der Waals surface area (Å²) in [6.07, 6.45) is 0. The summed E-state index contributed by atoms with van der Waals surface area (Å²) in [5, 5.41) is 0. The fourth-order valence-electron chi connectivity index (χ4n) is 2.51. The van der Waals surface area contributed by atoms with Gasteiger partial charge in [-0.1, -0.05) is 12.1 Å². The molecule has 3 aromatic rings. The van der Waals surface area contributed by atoms with Crippen molar-refractivity contribution in [2.75, 3.05) is 14.2 Å². The van der Waals surface area contributed by atoms with Gasteiger partial charge in [-0.2, -0.15) is 0 Å². The number of ether oxygens (including phenoxy) is 2. The van der Waals surface area contributed by atoms with Crippen molar-refractivity contribution in [3.8, 4) is 16.9 Å². The van der Waals surface area contributed by atoms with E-state index in [9.17, 15) is 9.59 Å². The van der Waals surface area contributed by atoms with E-state index in [-0.39, 0.29) is 5.56 Å². The molecule has 0 amide bonds. The number of hydrogen-bond donors (Lipinski definition) is 1. The van der Waals surface area contributed by atoms with Crippen LogP contribution in [0.5, 0.6) is 5.75 Å². The maximum atomic E-state index is 11.9. The lowest BCUT2D eigenvalue weighted by Crippen LogP contribution is -2.13. The molecule has 6 nitrogen and oxygen atoms in total. The summed E-state index contributed by atoms with van der Waals surface area (Å²) < 4.78 is 9.96. The van der Waals surface area contributed by atoms with Gasteiger partial charge in [0, 0.05) is 5.56 Å². The summed E-state index contributed by atoms with van der Waals surface area (Å²) >= 11 is 0. The van der Waals surface area contributed by atoms with Gasteiger partial charge in [0.15, 0.2) is 0 Å². The maximum Gasteiger partial charge on any atom is 0.337 e. The largest absolute Gasteiger partial charge is 0.497 e. The molecule has 0 radical (unpaired) electrons. The number of rotatable bonds is 3. The Morgan fingerprint density at radius 2 is 1.83 bits per heavy atom. The van der Waals surface area contributed by atoms with Crippen LogP contribution in [0.3, 0.4) is 0 Å². The lowest BCUT2D eigenvalue weighted by atomic mass is 10.0. The van der Waals surface area contributed by atoms with Crippen molar-refractivity contribution in [1.82, 2.24) is 9.97 Å². The number of hydrogen-bond acceptors (Lipinski definition) is 5. The molecular weight excluding hydrogens is 308 g/mol. The van der Waals surface area contributed by atoms with Crippen LogP contribution in [-0.4, -0.2) is 30.2 Å². The normalized spacial score (nSPS) is 10.6. The summed E-state index contributed by atoms with van der Waals surface area (Å²) in [5.74, 6) is 0.248. The van der Waals surface area contributed by atoms with Gasteiger partial charge in [-0.25, -0.2) is 9.78 Å². The Hall–Kier alpha value is -3.15. The molecule has 0 atom stereocenters. The smallest absolute Gasteiger partial charge is 0.337 e. The van der Waals surface area contributed by atoms with Crippen LogP contribution in [0, 0.1) is 6.92 Å². The number of aromatic amines is 1. The highest BCUT2D eigenvalue weighted by molar-refractivity contribution is 6.00. The van der Waals surface area contributed by atoms with E-state index >= 15 is 0 Å². The lowest BCUT2D eigenvalue weighted by molar-refractivity contribution is 0.0601. The van der Waals surface area contributed by atoms with Gasteiger partial charge in [-0.15, -0.1) is 0 Å². The number of aromatic nitrogens is 2. The fourth-order valence-corrected chi connectivity index (χ4v) is 2.51. The van der Waals surface area contributed by atoms with Gasteiger partial charge >= 0.3 is 5.97 Å². The van der Waals surface area contributed by atoms with E-state index in [2.05, 4.69) is 9.97 Å². The first-order chi connectivity index (χ1) is 11.5. The second-order valence-electron chi connectivity index (χ2n) is 5.29. The highest BCUT2D eigenvalue weighted by Crippen LogP contribution is 2.29.